The van der Waals surface area contributed by atoms with Crippen LogP contribution in [0.4, 0.5) is 0 Å². The molecule has 1 fully saturated rings. The summed E-state index contributed by atoms with van der Waals surface area (Å²) < 4.78 is 14.8. The van der Waals surface area contributed by atoms with Crippen LogP contribution in [0, 0.1) is 0 Å². The lowest BCUT2D eigenvalue weighted by molar-refractivity contribution is 0.652. The van der Waals surface area contributed by atoms with Crippen molar-refractivity contribution in [2.45, 2.75) is 0 Å². The molecule has 3 nitrogen and oxygen atoms in total. The molecule has 1 rings (SSSR count). The first-order valence-corrected chi connectivity index (χ1v) is 3.47. The highest BCUT2D eigenvalue weighted by Crippen LogP contribution is 1.65. The van der Waals surface area contributed by atoms with E-state index in [9.17, 15) is 0 Å². The highest BCUT2D eigenvalue weighted by atomic mass is 15.0. The zero-order valence-electron chi connectivity index (χ0n) is 7.64. The Balaban J connectivity index is 2.25. The van der Waals surface area contributed by atoms with Gasteiger partial charge in [-0.25, -0.2) is 0 Å². The molecule has 0 amide bonds. The predicted molar refractivity (Wildman–Crippen MR) is 38.6 cm³/mol. The second-order valence-corrected chi connectivity index (χ2v) is 2.09. The van der Waals surface area contributed by atoms with Gasteiger partial charge < -0.3 is 15.9 Å². The first-order chi connectivity index (χ1) is 5.29. The van der Waals surface area contributed by atoms with E-state index in [1.54, 1.807) is 0 Å². The van der Waals surface area contributed by atoms with Crippen LogP contribution in [0.3, 0.4) is 0 Å². The van der Waals surface area contributed by atoms with E-state index in [2.05, 4.69) is 5.32 Å². The molecule has 3 heteroatoms. The first-order valence-electron chi connectivity index (χ1n) is 4.37. The maximum Gasteiger partial charge on any atom is 0.122 e. The van der Waals surface area contributed by atoms with Crippen molar-refractivity contribution in [2.75, 3.05) is 39.3 Å². The molecule has 3 N–H and O–H groups in total. The molecule has 0 saturated carbocycles. The molecule has 0 aromatic heterocycles. The molecule has 0 unspecified atom stereocenters. The van der Waals surface area contributed by atoms with Crippen LogP contribution in [-0.2, 0) is 0 Å². The fraction of sp³-hybridized carbons (Fsp3) is 1.00. The Labute approximate surface area is 59.1 Å². The van der Waals surface area contributed by atoms with Crippen LogP contribution in [0.25, 0.3) is 0 Å². The first kappa shape index (κ1) is 4.66. The van der Waals surface area contributed by atoms with Gasteiger partial charge >= 0.3 is 0 Å². The van der Waals surface area contributed by atoms with Crippen LogP contribution in [0.2, 0.25) is 2.82 Å². The van der Waals surface area contributed by atoms with E-state index in [0.29, 0.717) is 13.1 Å². The minimum Gasteiger partial charge on any atom is -0.314 e. The Hall–Kier alpha value is -0.120. The molecule has 1 aliphatic rings. The second kappa shape index (κ2) is 4.73. The van der Waals surface area contributed by atoms with Crippen molar-refractivity contribution in [3.63, 3.8) is 0 Å². The van der Waals surface area contributed by atoms with Crippen molar-refractivity contribution < 1.29 is 2.82 Å². The van der Waals surface area contributed by atoms with Gasteiger partial charge in [0.1, 0.15) is 2.82 Å². The van der Waals surface area contributed by atoms with Crippen molar-refractivity contribution >= 4 is 0 Å². The largest absolute Gasteiger partial charge is 0.314 e. The third-order valence-corrected chi connectivity index (χ3v) is 1.31. The van der Waals surface area contributed by atoms with E-state index in [-0.39, 0.29) is 0 Å². The zero-order chi connectivity index (χ0) is 8.10. The fourth-order valence-corrected chi connectivity index (χ4v) is 0.806. The Bertz CT molecular complexity index is 100. The van der Waals surface area contributed by atoms with Crippen LogP contribution in [0.1, 0.15) is 0 Å². The van der Waals surface area contributed by atoms with Gasteiger partial charge in [0.05, 0.1) is 0 Å². The van der Waals surface area contributed by atoms with Gasteiger partial charge in [0.25, 0.3) is 0 Å². The van der Waals surface area contributed by atoms with Crippen LogP contribution in [0.5, 0.6) is 0 Å². The monoisotopic (exact) mass is 131 g/mol. The highest BCUT2D eigenvalue weighted by Gasteiger charge is 1.91. The van der Waals surface area contributed by atoms with E-state index in [1.165, 1.54) is 10.6 Å². The van der Waals surface area contributed by atoms with Crippen LogP contribution in [0.15, 0.2) is 0 Å². The topological polar surface area (TPSA) is 36.1 Å². The molecule has 0 atom stereocenters. The van der Waals surface area contributed by atoms with Crippen LogP contribution in [-0.4, -0.2) is 39.3 Å². The third-order valence-electron chi connectivity index (χ3n) is 1.31. The molecular weight excluding hydrogens is 114 g/mol. The van der Waals surface area contributed by atoms with Gasteiger partial charge in [0.2, 0.25) is 0 Å². The Kier molecular flexibility index (Phi) is 2.45. The van der Waals surface area contributed by atoms with Gasteiger partial charge in [-0.3, -0.25) is 0 Å². The molecule has 0 aromatic carbocycles. The van der Waals surface area contributed by atoms with Crippen molar-refractivity contribution in [3.05, 3.63) is 0 Å². The van der Waals surface area contributed by atoms with Gasteiger partial charge in [0.15, 0.2) is 0 Å². The molecule has 0 aromatic rings. The van der Waals surface area contributed by atoms with Gasteiger partial charge in [0, 0.05) is 39.3 Å². The summed E-state index contributed by atoms with van der Waals surface area (Å²) in [5, 5.41) is 6.16. The summed E-state index contributed by atoms with van der Waals surface area (Å²) in [7, 11) is 0. The van der Waals surface area contributed by atoms with Crippen molar-refractivity contribution in [1.82, 2.24) is 15.9 Å². The lowest BCUT2D eigenvalue weighted by Gasteiger charge is -1.99. The minimum absolute atomic E-state index is 0.672. The maximum atomic E-state index is 7.38. The fourth-order valence-electron chi connectivity index (χ4n) is 0.806. The minimum atomic E-state index is 0.672. The number of hydrogen-bond acceptors (Lipinski definition) is 3. The number of nitrogens with one attached hydrogen (secondary N) is 3. The zero-order valence-corrected chi connectivity index (χ0v) is 5.64. The smallest absolute Gasteiger partial charge is 0.122 e. The third kappa shape index (κ3) is 3.46. The number of rotatable bonds is 0. The molecule has 9 heavy (non-hydrogen) atoms. The Morgan fingerprint density at radius 1 is 0.778 bits per heavy atom. The second-order valence-electron chi connectivity index (χ2n) is 2.09. The molecule has 0 spiro atoms. The van der Waals surface area contributed by atoms with E-state index in [4.69, 9.17) is 2.82 Å². The van der Waals surface area contributed by atoms with Gasteiger partial charge in [-0.15, -0.1) is 0 Å². The highest BCUT2D eigenvalue weighted by molar-refractivity contribution is 4.59. The molecule has 0 radical (unpaired) electrons. The predicted octanol–water partition coefficient (Wildman–Crippen LogP) is -1.23. The molecular formula is C6H15N3. The Morgan fingerprint density at radius 3 is 1.78 bits per heavy atom. The SMILES string of the molecule is [2H]N1CCNCCN([2H])CC1. The lowest BCUT2D eigenvalue weighted by atomic mass is 10.6. The van der Waals surface area contributed by atoms with Crippen molar-refractivity contribution in [1.29, 1.82) is 0 Å². The molecule has 1 saturated heterocycles. The van der Waals surface area contributed by atoms with E-state index in [0.717, 1.165) is 26.2 Å². The summed E-state index contributed by atoms with van der Waals surface area (Å²) >= 11 is 0. The lowest BCUT2D eigenvalue weighted by Crippen LogP contribution is -2.27. The summed E-state index contributed by atoms with van der Waals surface area (Å²) in [4.78, 5) is 0. The average Bonchev–Trinajstić information content (AvgIpc) is 2.06. The summed E-state index contributed by atoms with van der Waals surface area (Å²) in [6.45, 7) is 4.58. The summed E-state index contributed by atoms with van der Waals surface area (Å²) in [6, 6.07) is 0. The van der Waals surface area contributed by atoms with E-state index >= 15 is 0 Å². The average molecular weight is 131 g/mol. The van der Waals surface area contributed by atoms with Crippen molar-refractivity contribution in [3.8, 4) is 0 Å². The van der Waals surface area contributed by atoms with Crippen LogP contribution >= 0.6 is 0 Å². The molecule has 54 valence electrons. The molecule has 1 aliphatic heterocycles. The van der Waals surface area contributed by atoms with Gasteiger partial charge in [-0.2, -0.15) is 0 Å². The Morgan fingerprint density at radius 2 is 1.22 bits per heavy atom. The molecule has 0 aliphatic carbocycles. The van der Waals surface area contributed by atoms with E-state index in [1.807, 2.05) is 0 Å². The maximum absolute atomic E-state index is 7.38. The normalized spacial score (nSPS) is 31.6. The molecule has 1 heterocycles. The quantitative estimate of drug-likeness (QED) is 0.385. The molecule has 0 bridgehead atoms. The standard InChI is InChI=1S/C6H15N3/c1-2-8-5-6-9-4-3-7-1/h7-9H,1-6H2/i/hD2. The van der Waals surface area contributed by atoms with Crippen LogP contribution < -0.4 is 15.9 Å². The van der Waals surface area contributed by atoms with E-state index < -0.39 is 0 Å². The van der Waals surface area contributed by atoms with Gasteiger partial charge in [-0.05, 0) is 0 Å². The summed E-state index contributed by atoms with van der Waals surface area (Å²) in [5.74, 6) is 0. The summed E-state index contributed by atoms with van der Waals surface area (Å²) in [5.41, 5.74) is 0. The van der Waals surface area contributed by atoms with Crippen molar-refractivity contribution in [2.24, 2.45) is 0 Å². The van der Waals surface area contributed by atoms with Gasteiger partial charge in [-0.1, -0.05) is 0 Å². The summed E-state index contributed by atoms with van der Waals surface area (Å²) in [6.07, 6.45) is 0. The number of hydrogen-bond donors (Lipinski definition) is 3.